The summed E-state index contributed by atoms with van der Waals surface area (Å²) in [6.07, 6.45) is 0. The summed E-state index contributed by atoms with van der Waals surface area (Å²) in [7, 11) is 1.58. The van der Waals surface area contributed by atoms with Crippen LogP contribution in [-0.2, 0) is 6.54 Å². The third-order valence-corrected chi connectivity index (χ3v) is 2.30. The number of halogens is 1. The second-order valence-corrected chi connectivity index (χ2v) is 3.11. The molecule has 0 aliphatic heterocycles. The predicted octanol–water partition coefficient (Wildman–Crippen LogP) is 3.16. The molecule has 0 amide bonds. The minimum absolute atomic E-state index is 0.348. The van der Waals surface area contributed by atoms with Gasteiger partial charge in [-0.3, -0.25) is 0 Å². The normalized spacial score (nSPS) is 9.20. The lowest BCUT2D eigenvalue weighted by molar-refractivity contribution is 0.160. The van der Waals surface area contributed by atoms with E-state index in [-0.39, 0.29) is 0 Å². The molecule has 2 N–H and O–H groups in total. The van der Waals surface area contributed by atoms with E-state index in [2.05, 4.69) is 5.48 Å². The SMILES string of the molecule is CC.COc1c(CNO)ccc(Cl)c1C. The van der Waals surface area contributed by atoms with Gasteiger partial charge in [-0.05, 0) is 13.0 Å². The van der Waals surface area contributed by atoms with Crippen molar-refractivity contribution in [3.05, 3.63) is 28.3 Å². The molecule has 0 saturated carbocycles. The molecule has 15 heavy (non-hydrogen) atoms. The lowest BCUT2D eigenvalue weighted by Gasteiger charge is -2.11. The van der Waals surface area contributed by atoms with Crippen molar-refractivity contribution in [3.63, 3.8) is 0 Å². The Kier molecular flexibility index (Phi) is 7.13. The zero-order chi connectivity index (χ0) is 11.8. The van der Waals surface area contributed by atoms with Gasteiger partial charge in [0.2, 0.25) is 0 Å². The van der Waals surface area contributed by atoms with E-state index in [1.807, 2.05) is 26.8 Å². The van der Waals surface area contributed by atoms with E-state index in [4.69, 9.17) is 21.5 Å². The van der Waals surface area contributed by atoms with Crippen molar-refractivity contribution in [3.8, 4) is 5.75 Å². The van der Waals surface area contributed by atoms with Crippen molar-refractivity contribution in [1.29, 1.82) is 0 Å². The van der Waals surface area contributed by atoms with Crippen LogP contribution in [0.25, 0.3) is 0 Å². The minimum atomic E-state index is 0.348. The maximum atomic E-state index is 8.56. The van der Waals surface area contributed by atoms with Crippen LogP contribution in [0, 0.1) is 6.92 Å². The molecule has 0 fully saturated rings. The fraction of sp³-hybridized carbons (Fsp3) is 0.455. The average molecular weight is 232 g/mol. The summed E-state index contributed by atoms with van der Waals surface area (Å²) >= 11 is 5.90. The molecule has 0 unspecified atom stereocenters. The van der Waals surface area contributed by atoms with Crippen molar-refractivity contribution in [2.75, 3.05) is 7.11 Å². The second kappa shape index (κ2) is 7.51. The van der Waals surface area contributed by atoms with Gasteiger partial charge < -0.3 is 9.94 Å². The summed E-state index contributed by atoms with van der Waals surface area (Å²) in [5.41, 5.74) is 3.85. The van der Waals surface area contributed by atoms with E-state index in [9.17, 15) is 0 Å². The Labute approximate surface area is 96.0 Å². The first kappa shape index (κ1) is 14.2. The van der Waals surface area contributed by atoms with Crippen LogP contribution in [0.1, 0.15) is 25.0 Å². The standard InChI is InChI=1S/C9H12ClNO2.C2H6/c1-6-8(10)4-3-7(5-11-12)9(6)13-2;1-2/h3-4,11-12H,5H2,1-2H3;1-2H3. The van der Waals surface area contributed by atoms with Crippen LogP contribution >= 0.6 is 11.6 Å². The highest BCUT2D eigenvalue weighted by molar-refractivity contribution is 6.31. The number of hydrogen-bond acceptors (Lipinski definition) is 3. The predicted molar refractivity (Wildman–Crippen MR) is 62.7 cm³/mol. The first-order valence-electron chi connectivity index (χ1n) is 4.89. The van der Waals surface area contributed by atoms with E-state index in [0.29, 0.717) is 17.3 Å². The van der Waals surface area contributed by atoms with Crippen LogP contribution in [0.15, 0.2) is 12.1 Å². The molecule has 1 rings (SSSR count). The highest BCUT2D eigenvalue weighted by atomic mass is 35.5. The zero-order valence-corrected chi connectivity index (χ0v) is 10.4. The number of benzene rings is 1. The van der Waals surface area contributed by atoms with Gasteiger partial charge in [0.1, 0.15) is 5.75 Å². The van der Waals surface area contributed by atoms with E-state index in [1.54, 1.807) is 13.2 Å². The quantitative estimate of drug-likeness (QED) is 0.786. The molecule has 0 aromatic heterocycles. The van der Waals surface area contributed by atoms with Crippen LogP contribution in [0.5, 0.6) is 5.75 Å². The molecule has 0 spiro atoms. The number of nitrogens with one attached hydrogen (secondary N) is 1. The van der Waals surface area contributed by atoms with Gasteiger partial charge in [-0.25, -0.2) is 5.48 Å². The van der Waals surface area contributed by atoms with Crippen LogP contribution in [0.2, 0.25) is 5.02 Å². The Morgan fingerprint density at radius 2 is 2.00 bits per heavy atom. The van der Waals surface area contributed by atoms with Gasteiger partial charge in [-0.15, -0.1) is 0 Å². The highest BCUT2D eigenvalue weighted by Gasteiger charge is 2.08. The number of methoxy groups -OCH3 is 1. The Morgan fingerprint density at radius 3 is 2.47 bits per heavy atom. The Morgan fingerprint density at radius 1 is 1.40 bits per heavy atom. The summed E-state index contributed by atoms with van der Waals surface area (Å²) in [4.78, 5) is 0. The van der Waals surface area contributed by atoms with Crippen molar-refractivity contribution in [2.24, 2.45) is 0 Å². The number of hydroxylamine groups is 1. The molecule has 86 valence electrons. The molecule has 0 saturated heterocycles. The molecule has 0 radical (unpaired) electrons. The Balaban J connectivity index is 0.000000921. The van der Waals surface area contributed by atoms with E-state index in [0.717, 1.165) is 11.1 Å². The van der Waals surface area contributed by atoms with E-state index < -0.39 is 0 Å². The second-order valence-electron chi connectivity index (χ2n) is 2.70. The Bertz CT molecular complexity index is 303. The summed E-state index contributed by atoms with van der Waals surface area (Å²) in [5.74, 6) is 0.717. The lowest BCUT2D eigenvalue weighted by atomic mass is 10.1. The minimum Gasteiger partial charge on any atom is -0.496 e. The molecule has 0 bridgehead atoms. The summed E-state index contributed by atoms with van der Waals surface area (Å²) in [5, 5.41) is 9.23. The molecule has 4 heteroatoms. The van der Waals surface area contributed by atoms with Crippen molar-refractivity contribution >= 4 is 11.6 Å². The highest BCUT2D eigenvalue weighted by Crippen LogP contribution is 2.29. The van der Waals surface area contributed by atoms with Gasteiger partial charge in [0.05, 0.1) is 7.11 Å². The van der Waals surface area contributed by atoms with Crippen molar-refractivity contribution in [2.45, 2.75) is 27.3 Å². The maximum absolute atomic E-state index is 8.56. The van der Waals surface area contributed by atoms with Gasteiger partial charge in [0, 0.05) is 22.7 Å². The van der Waals surface area contributed by atoms with Crippen molar-refractivity contribution in [1.82, 2.24) is 5.48 Å². The molecule has 0 aliphatic carbocycles. The fourth-order valence-corrected chi connectivity index (χ4v) is 1.38. The largest absolute Gasteiger partial charge is 0.496 e. The summed E-state index contributed by atoms with van der Waals surface area (Å²) < 4.78 is 5.17. The van der Waals surface area contributed by atoms with E-state index >= 15 is 0 Å². The fourth-order valence-electron chi connectivity index (χ4n) is 1.23. The third-order valence-electron chi connectivity index (χ3n) is 1.89. The molecular weight excluding hydrogens is 214 g/mol. The van der Waals surface area contributed by atoms with Crippen LogP contribution in [0.4, 0.5) is 0 Å². The zero-order valence-electron chi connectivity index (χ0n) is 9.60. The lowest BCUT2D eigenvalue weighted by Crippen LogP contribution is -2.08. The average Bonchev–Trinajstić information content (AvgIpc) is 2.27. The first-order valence-corrected chi connectivity index (χ1v) is 5.27. The molecular formula is C11H18ClNO2. The van der Waals surface area contributed by atoms with Gasteiger partial charge in [-0.2, -0.15) is 0 Å². The summed E-state index contributed by atoms with van der Waals surface area (Å²) in [6.45, 7) is 6.23. The van der Waals surface area contributed by atoms with E-state index in [1.165, 1.54) is 0 Å². The topological polar surface area (TPSA) is 41.5 Å². The first-order chi connectivity index (χ1) is 7.20. The van der Waals surface area contributed by atoms with Crippen LogP contribution in [-0.4, -0.2) is 12.3 Å². The third kappa shape index (κ3) is 3.70. The molecule has 0 heterocycles. The van der Waals surface area contributed by atoms with Gasteiger partial charge in [-0.1, -0.05) is 31.5 Å². The van der Waals surface area contributed by atoms with Crippen LogP contribution < -0.4 is 10.2 Å². The van der Waals surface area contributed by atoms with Gasteiger partial charge >= 0.3 is 0 Å². The molecule has 0 aliphatic rings. The van der Waals surface area contributed by atoms with Crippen molar-refractivity contribution < 1.29 is 9.94 Å². The summed E-state index contributed by atoms with van der Waals surface area (Å²) in [6, 6.07) is 3.60. The Hall–Kier alpha value is -0.770. The molecule has 1 aromatic rings. The van der Waals surface area contributed by atoms with Crippen LogP contribution in [0.3, 0.4) is 0 Å². The number of ether oxygens (including phenoxy) is 1. The van der Waals surface area contributed by atoms with Gasteiger partial charge in [0.25, 0.3) is 0 Å². The van der Waals surface area contributed by atoms with Gasteiger partial charge in [0.15, 0.2) is 0 Å². The molecule has 1 aromatic carbocycles. The number of rotatable bonds is 3. The molecule has 0 atom stereocenters. The maximum Gasteiger partial charge on any atom is 0.127 e. The number of hydrogen-bond donors (Lipinski definition) is 2. The smallest absolute Gasteiger partial charge is 0.127 e. The monoisotopic (exact) mass is 231 g/mol. The molecule has 3 nitrogen and oxygen atoms in total.